The van der Waals surface area contributed by atoms with Crippen LogP contribution in [0.1, 0.15) is 55.1 Å². The van der Waals surface area contributed by atoms with Crippen LogP contribution in [0.25, 0.3) is 0 Å². The van der Waals surface area contributed by atoms with Crippen LogP contribution in [0.15, 0.2) is 21.9 Å². The SMILES string of the molecule is CCC1CCC(NC(=O)c2occc2C)(/C(N)=N/O)CC1. The summed E-state index contributed by atoms with van der Waals surface area (Å²) in [6.45, 7) is 3.97. The van der Waals surface area contributed by atoms with Crippen molar-refractivity contribution in [2.24, 2.45) is 16.8 Å². The summed E-state index contributed by atoms with van der Waals surface area (Å²) in [4.78, 5) is 12.4. The number of oxime groups is 1. The Morgan fingerprint density at radius 2 is 2.24 bits per heavy atom. The molecular formula is C15H23N3O3. The number of carbonyl (C=O) groups is 1. The number of rotatable bonds is 4. The third-order valence-corrected chi connectivity index (χ3v) is 4.56. The van der Waals surface area contributed by atoms with Crippen molar-refractivity contribution in [3.8, 4) is 0 Å². The van der Waals surface area contributed by atoms with Crippen molar-refractivity contribution in [3.05, 3.63) is 23.7 Å². The molecule has 6 nitrogen and oxygen atoms in total. The van der Waals surface area contributed by atoms with E-state index in [4.69, 9.17) is 15.4 Å². The third-order valence-electron chi connectivity index (χ3n) is 4.56. The average Bonchev–Trinajstić information content (AvgIpc) is 2.93. The van der Waals surface area contributed by atoms with E-state index in [0.29, 0.717) is 18.8 Å². The summed E-state index contributed by atoms with van der Waals surface area (Å²) in [5.74, 6) is 0.651. The highest BCUT2D eigenvalue weighted by Gasteiger charge is 2.41. The molecule has 0 spiro atoms. The van der Waals surface area contributed by atoms with Gasteiger partial charge in [-0.1, -0.05) is 18.5 Å². The van der Waals surface area contributed by atoms with E-state index >= 15 is 0 Å². The fraction of sp³-hybridized carbons (Fsp3) is 0.600. The number of amides is 1. The van der Waals surface area contributed by atoms with Gasteiger partial charge in [-0.3, -0.25) is 4.79 Å². The van der Waals surface area contributed by atoms with E-state index in [1.807, 2.05) is 6.92 Å². The van der Waals surface area contributed by atoms with Crippen molar-refractivity contribution in [1.82, 2.24) is 5.32 Å². The Morgan fingerprint density at radius 1 is 1.57 bits per heavy atom. The van der Waals surface area contributed by atoms with E-state index in [-0.39, 0.29) is 17.5 Å². The van der Waals surface area contributed by atoms with Crippen molar-refractivity contribution in [3.63, 3.8) is 0 Å². The zero-order valence-corrected chi connectivity index (χ0v) is 12.6. The maximum atomic E-state index is 12.4. The first kappa shape index (κ1) is 15.4. The van der Waals surface area contributed by atoms with Crippen LogP contribution in [-0.2, 0) is 0 Å². The van der Waals surface area contributed by atoms with Crippen molar-refractivity contribution in [2.45, 2.75) is 51.5 Å². The predicted octanol–water partition coefficient (Wildman–Crippen LogP) is 2.40. The maximum absolute atomic E-state index is 12.4. The van der Waals surface area contributed by atoms with E-state index in [9.17, 15) is 4.79 Å². The molecule has 1 aromatic heterocycles. The monoisotopic (exact) mass is 293 g/mol. The normalized spacial score (nSPS) is 26.6. The minimum Gasteiger partial charge on any atom is -0.459 e. The lowest BCUT2D eigenvalue weighted by molar-refractivity contribution is 0.0865. The Bertz CT molecular complexity index is 528. The first-order valence-corrected chi connectivity index (χ1v) is 7.37. The number of hydrogen-bond donors (Lipinski definition) is 3. The molecule has 1 heterocycles. The molecule has 21 heavy (non-hydrogen) atoms. The van der Waals surface area contributed by atoms with Crippen LogP contribution >= 0.6 is 0 Å². The molecule has 0 saturated heterocycles. The molecule has 1 aliphatic rings. The van der Waals surface area contributed by atoms with Gasteiger partial charge in [0.2, 0.25) is 0 Å². The van der Waals surface area contributed by atoms with Crippen LogP contribution in [0.5, 0.6) is 0 Å². The highest BCUT2D eigenvalue weighted by molar-refractivity contribution is 5.99. The summed E-state index contributed by atoms with van der Waals surface area (Å²) < 4.78 is 5.21. The van der Waals surface area contributed by atoms with Gasteiger partial charge in [-0.15, -0.1) is 0 Å². The van der Waals surface area contributed by atoms with Crippen LogP contribution in [0.2, 0.25) is 0 Å². The Hall–Kier alpha value is -1.98. The zero-order chi connectivity index (χ0) is 15.5. The van der Waals surface area contributed by atoms with Crippen LogP contribution in [-0.4, -0.2) is 22.5 Å². The number of hydrogen-bond acceptors (Lipinski definition) is 4. The Morgan fingerprint density at radius 3 is 2.71 bits per heavy atom. The van der Waals surface area contributed by atoms with E-state index < -0.39 is 5.54 Å². The van der Waals surface area contributed by atoms with Crippen molar-refractivity contribution >= 4 is 11.7 Å². The molecule has 2 rings (SSSR count). The number of nitrogens with one attached hydrogen (secondary N) is 1. The first-order valence-electron chi connectivity index (χ1n) is 7.37. The molecule has 6 heteroatoms. The van der Waals surface area contributed by atoms with Gasteiger partial charge in [0.15, 0.2) is 11.6 Å². The second-order valence-electron chi connectivity index (χ2n) is 5.81. The number of carbonyl (C=O) groups excluding carboxylic acids is 1. The molecule has 0 unspecified atom stereocenters. The second-order valence-corrected chi connectivity index (χ2v) is 5.81. The number of aryl methyl sites for hydroxylation is 1. The molecule has 4 N–H and O–H groups in total. The highest BCUT2D eigenvalue weighted by Crippen LogP contribution is 2.34. The summed E-state index contributed by atoms with van der Waals surface area (Å²) in [6, 6.07) is 1.74. The molecule has 0 bridgehead atoms. The summed E-state index contributed by atoms with van der Waals surface area (Å²) in [7, 11) is 0. The van der Waals surface area contributed by atoms with Gasteiger partial charge in [-0.05, 0) is 44.6 Å². The lowest BCUT2D eigenvalue weighted by atomic mass is 9.75. The quantitative estimate of drug-likeness (QED) is 0.343. The van der Waals surface area contributed by atoms with E-state index in [0.717, 1.165) is 24.8 Å². The van der Waals surface area contributed by atoms with Gasteiger partial charge in [0, 0.05) is 5.56 Å². The highest BCUT2D eigenvalue weighted by atomic mass is 16.4. The Labute approximate surface area is 124 Å². The number of furan rings is 1. The molecule has 1 amide bonds. The van der Waals surface area contributed by atoms with Gasteiger partial charge in [0.1, 0.15) is 5.54 Å². The fourth-order valence-corrected chi connectivity index (χ4v) is 3.00. The Kier molecular flexibility index (Phi) is 4.55. The van der Waals surface area contributed by atoms with Gasteiger partial charge in [0.05, 0.1) is 6.26 Å². The lowest BCUT2D eigenvalue weighted by Crippen LogP contribution is -2.59. The molecule has 0 aliphatic heterocycles. The number of amidine groups is 1. The topological polar surface area (TPSA) is 101 Å². The molecule has 116 valence electrons. The fourth-order valence-electron chi connectivity index (χ4n) is 3.00. The molecule has 1 fully saturated rings. The average molecular weight is 293 g/mol. The maximum Gasteiger partial charge on any atom is 0.288 e. The van der Waals surface area contributed by atoms with Crippen LogP contribution < -0.4 is 11.1 Å². The second kappa shape index (κ2) is 6.20. The van der Waals surface area contributed by atoms with Gasteiger partial charge < -0.3 is 20.7 Å². The standard InChI is InChI=1S/C15H23N3O3/c1-3-11-4-7-15(8-5-11,14(16)18-20)17-13(19)12-10(2)6-9-21-12/h6,9,11,20H,3-5,7-8H2,1-2H3,(H2,16,18)(H,17,19). The summed E-state index contributed by atoms with van der Waals surface area (Å²) in [5, 5.41) is 15.1. The van der Waals surface area contributed by atoms with E-state index in [1.54, 1.807) is 6.07 Å². The van der Waals surface area contributed by atoms with E-state index in [1.165, 1.54) is 6.26 Å². The summed E-state index contributed by atoms with van der Waals surface area (Å²) in [6.07, 6.45) is 5.83. The summed E-state index contributed by atoms with van der Waals surface area (Å²) in [5.41, 5.74) is 5.85. The molecule has 0 radical (unpaired) electrons. The van der Waals surface area contributed by atoms with Gasteiger partial charge in [-0.2, -0.15) is 0 Å². The lowest BCUT2D eigenvalue weighted by Gasteiger charge is -2.39. The molecule has 0 atom stereocenters. The number of nitrogens with two attached hydrogens (primary N) is 1. The molecule has 1 aromatic rings. The summed E-state index contributed by atoms with van der Waals surface area (Å²) >= 11 is 0. The molecule has 1 aliphatic carbocycles. The minimum absolute atomic E-state index is 0.0645. The van der Waals surface area contributed by atoms with Crippen molar-refractivity contribution in [2.75, 3.05) is 0 Å². The predicted molar refractivity (Wildman–Crippen MR) is 79.3 cm³/mol. The molecular weight excluding hydrogens is 270 g/mol. The van der Waals surface area contributed by atoms with Gasteiger partial charge in [-0.25, -0.2) is 0 Å². The minimum atomic E-state index is -0.781. The van der Waals surface area contributed by atoms with Crippen molar-refractivity contribution in [1.29, 1.82) is 0 Å². The number of nitrogens with zero attached hydrogens (tertiary/aromatic N) is 1. The van der Waals surface area contributed by atoms with Gasteiger partial charge in [0.25, 0.3) is 5.91 Å². The van der Waals surface area contributed by atoms with Gasteiger partial charge >= 0.3 is 0 Å². The van der Waals surface area contributed by atoms with Crippen LogP contribution in [0.4, 0.5) is 0 Å². The largest absolute Gasteiger partial charge is 0.459 e. The molecule has 1 saturated carbocycles. The third kappa shape index (κ3) is 3.04. The Balaban J connectivity index is 2.18. The zero-order valence-electron chi connectivity index (χ0n) is 12.6. The van der Waals surface area contributed by atoms with E-state index in [2.05, 4.69) is 17.4 Å². The molecule has 0 aromatic carbocycles. The van der Waals surface area contributed by atoms with Crippen LogP contribution in [0.3, 0.4) is 0 Å². The first-order chi connectivity index (χ1) is 10.0. The van der Waals surface area contributed by atoms with Crippen LogP contribution in [0, 0.1) is 12.8 Å². The van der Waals surface area contributed by atoms with Crippen molar-refractivity contribution < 1.29 is 14.4 Å². The smallest absolute Gasteiger partial charge is 0.288 e.